The maximum absolute atomic E-state index is 12.8. The van der Waals surface area contributed by atoms with Gasteiger partial charge in [0.25, 0.3) is 11.8 Å². The van der Waals surface area contributed by atoms with Gasteiger partial charge >= 0.3 is 0 Å². The molecule has 2 aromatic rings. The Balaban J connectivity index is 1.40. The Bertz CT molecular complexity index is 1160. The summed E-state index contributed by atoms with van der Waals surface area (Å²) in [6.45, 7) is 10.9. The minimum atomic E-state index is -0.647. The summed E-state index contributed by atoms with van der Waals surface area (Å²) in [5.74, 6) is -1.23. The number of amides is 4. The van der Waals surface area contributed by atoms with Crippen molar-refractivity contribution in [3.63, 3.8) is 0 Å². The van der Waals surface area contributed by atoms with Gasteiger partial charge in [-0.25, -0.2) is 0 Å². The zero-order valence-electron chi connectivity index (χ0n) is 19.0. The highest BCUT2D eigenvalue weighted by molar-refractivity contribution is 7.10. The fraction of sp³-hybridized carbons (Fsp3) is 0.360. The van der Waals surface area contributed by atoms with Crippen molar-refractivity contribution in [1.29, 1.82) is 0 Å². The average molecular weight is 466 g/mol. The third-order valence-corrected chi connectivity index (χ3v) is 7.20. The van der Waals surface area contributed by atoms with Crippen LogP contribution in [0.15, 0.2) is 36.2 Å². The van der Waals surface area contributed by atoms with Gasteiger partial charge in [0.15, 0.2) is 0 Å². The Morgan fingerprint density at radius 2 is 1.91 bits per heavy atom. The summed E-state index contributed by atoms with van der Waals surface area (Å²) in [4.78, 5) is 51.6. The van der Waals surface area contributed by atoms with Gasteiger partial charge in [0, 0.05) is 28.8 Å². The van der Waals surface area contributed by atoms with E-state index in [0.29, 0.717) is 24.1 Å². The van der Waals surface area contributed by atoms with E-state index in [4.69, 9.17) is 0 Å². The maximum Gasteiger partial charge on any atom is 0.256 e. The molecule has 0 saturated carbocycles. The summed E-state index contributed by atoms with van der Waals surface area (Å²) in [5, 5.41) is 6.97. The van der Waals surface area contributed by atoms with Crippen LogP contribution in [0.3, 0.4) is 0 Å². The zero-order valence-corrected chi connectivity index (χ0v) is 19.8. The second-order valence-corrected chi connectivity index (χ2v) is 10.4. The fourth-order valence-corrected chi connectivity index (χ4v) is 5.10. The number of thiophene rings is 1. The molecule has 7 nitrogen and oxygen atoms in total. The highest BCUT2D eigenvalue weighted by Crippen LogP contribution is 2.34. The summed E-state index contributed by atoms with van der Waals surface area (Å²) in [5.41, 5.74) is 3.74. The average Bonchev–Trinajstić information content (AvgIpc) is 3.31. The van der Waals surface area contributed by atoms with E-state index < -0.39 is 11.9 Å². The number of rotatable bonds is 5. The number of hydrogen-bond donors (Lipinski definition) is 2. The Morgan fingerprint density at radius 3 is 2.55 bits per heavy atom. The van der Waals surface area contributed by atoms with E-state index in [9.17, 15) is 19.2 Å². The van der Waals surface area contributed by atoms with Crippen LogP contribution in [0, 0.1) is 0 Å². The highest BCUT2D eigenvalue weighted by atomic mass is 32.1. The van der Waals surface area contributed by atoms with E-state index in [0.717, 1.165) is 16.0 Å². The molecule has 3 heterocycles. The van der Waals surface area contributed by atoms with Gasteiger partial charge in [-0.2, -0.15) is 0 Å². The van der Waals surface area contributed by atoms with Crippen LogP contribution >= 0.6 is 11.3 Å². The van der Waals surface area contributed by atoms with Crippen LogP contribution in [-0.4, -0.2) is 34.6 Å². The number of carbonyl (C=O) groups is 4. The standard InChI is InChI=1S/C25H27N3O4S/c1-14(15-5-7-16(8-6-15)25(2,3)4)22(30)26-11-20-17-12-28(24(32)18(17)13-33-20)19-9-10-21(29)27-23(19)31/h5-8,13,19H,1,9-12H2,2-4H3,(H,26,30)(H,27,29,31). The van der Waals surface area contributed by atoms with Gasteiger partial charge in [0.05, 0.1) is 12.1 Å². The Kier molecular flexibility index (Phi) is 5.97. The second-order valence-electron chi connectivity index (χ2n) is 9.44. The molecule has 2 aliphatic heterocycles. The van der Waals surface area contributed by atoms with Crippen LogP contribution < -0.4 is 10.6 Å². The van der Waals surface area contributed by atoms with Crippen molar-refractivity contribution >= 4 is 40.5 Å². The lowest BCUT2D eigenvalue weighted by atomic mass is 9.86. The summed E-state index contributed by atoms with van der Waals surface area (Å²) >= 11 is 1.41. The lowest BCUT2D eigenvalue weighted by Crippen LogP contribution is -2.52. The number of benzene rings is 1. The van der Waals surface area contributed by atoms with Gasteiger partial charge in [-0.1, -0.05) is 51.6 Å². The summed E-state index contributed by atoms with van der Waals surface area (Å²) < 4.78 is 0. The highest BCUT2D eigenvalue weighted by Gasteiger charge is 2.40. The lowest BCUT2D eigenvalue weighted by molar-refractivity contribution is -0.137. The first-order chi connectivity index (χ1) is 15.6. The van der Waals surface area contributed by atoms with Crippen molar-refractivity contribution in [2.24, 2.45) is 0 Å². The third kappa shape index (κ3) is 4.48. The van der Waals surface area contributed by atoms with E-state index >= 15 is 0 Å². The molecule has 172 valence electrons. The van der Waals surface area contributed by atoms with E-state index in [1.54, 1.807) is 5.38 Å². The topological polar surface area (TPSA) is 95.6 Å². The molecule has 8 heteroatoms. The van der Waals surface area contributed by atoms with Gasteiger partial charge in [0.2, 0.25) is 11.8 Å². The monoisotopic (exact) mass is 465 g/mol. The molecule has 1 atom stereocenters. The first-order valence-electron chi connectivity index (χ1n) is 10.9. The first kappa shape index (κ1) is 22.9. The minimum absolute atomic E-state index is 0.0286. The second kappa shape index (κ2) is 8.59. The number of imide groups is 1. The quantitative estimate of drug-likeness (QED) is 0.524. The molecule has 0 radical (unpaired) electrons. The van der Waals surface area contributed by atoms with Crippen LogP contribution in [0.2, 0.25) is 0 Å². The molecule has 4 rings (SSSR count). The molecular formula is C25H27N3O4S. The number of nitrogens with one attached hydrogen (secondary N) is 2. The predicted molar refractivity (Wildman–Crippen MR) is 126 cm³/mol. The summed E-state index contributed by atoms with van der Waals surface area (Å²) in [6.07, 6.45) is 0.540. The number of hydrogen-bond acceptors (Lipinski definition) is 5. The van der Waals surface area contributed by atoms with E-state index in [1.165, 1.54) is 21.8 Å². The normalized spacial score (nSPS) is 18.2. The van der Waals surface area contributed by atoms with Crippen LogP contribution in [-0.2, 0) is 32.9 Å². The van der Waals surface area contributed by atoms with E-state index in [1.807, 2.05) is 24.3 Å². The zero-order chi connectivity index (χ0) is 23.9. The fourth-order valence-electron chi connectivity index (χ4n) is 4.12. The molecule has 1 unspecified atom stereocenters. The summed E-state index contributed by atoms with van der Waals surface area (Å²) in [7, 11) is 0. The van der Waals surface area contributed by atoms with Crippen molar-refractivity contribution in [2.45, 2.75) is 58.2 Å². The third-order valence-electron chi connectivity index (χ3n) is 6.17. The molecule has 0 aliphatic carbocycles. The van der Waals surface area contributed by atoms with Crippen LogP contribution in [0.25, 0.3) is 5.57 Å². The number of nitrogens with zero attached hydrogens (tertiary/aromatic N) is 1. The molecule has 0 bridgehead atoms. The molecule has 1 saturated heterocycles. The van der Waals surface area contributed by atoms with Crippen LogP contribution in [0.5, 0.6) is 0 Å². The van der Waals surface area contributed by atoms with Gasteiger partial charge in [0.1, 0.15) is 6.04 Å². The molecule has 0 spiro atoms. The van der Waals surface area contributed by atoms with Crippen LogP contribution in [0.4, 0.5) is 0 Å². The number of fused-ring (bicyclic) bond motifs is 1. The molecule has 2 N–H and O–H groups in total. The van der Waals surface area contributed by atoms with E-state index in [2.05, 4.69) is 38.0 Å². The van der Waals surface area contributed by atoms with Crippen molar-refractivity contribution in [3.8, 4) is 0 Å². The van der Waals surface area contributed by atoms with Gasteiger partial charge < -0.3 is 10.2 Å². The molecule has 2 aliphatic rings. The molecule has 1 fully saturated rings. The summed E-state index contributed by atoms with van der Waals surface area (Å²) in [6, 6.07) is 7.18. The first-order valence-corrected chi connectivity index (χ1v) is 11.8. The molecule has 1 aromatic heterocycles. The van der Waals surface area contributed by atoms with Crippen molar-refractivity contribution in [1.82, 2.24) is 15.5 Å². The van der Waals surface area contributed by atoms with Crippen LogP contribution in [0.1, 0.15) is 65.5 Å². The number of piperidine rings is 1. The van der Waals surface area contributed by atoms with Gasteiger partial charge in [-0.05, 0) is 28.5 Å². The predicted octanol–water partition coefficient (Wildman–Crippen LogP) is 3.14. The van der Waals surface area contributed by atoms with Gasteiger partial charge in [-0.3, -0.25) is 24.5 Å². The molecule has 1 aromatic carbocycles. The van der Waals surface area contributed by atoms with E-state index in [-0.39, 0.29) is 36.1 Å². The van der Waals surface area contributed by atoms with Crippen molar-refractivity contribution < 1.29 is 19.2 Å². The minimum Gasteiger partial charge on any atom is -0.347 e. The Labute approximate surface area is 196 Å². The molecule has 33 heavy (non-hydrogen) atoms. The Morgan fingerprint density at radius 1 is 1.21 bits per heavy atom. The van der Waals surface area contributed by atoms with Gasteiger partial charge in [-0.15, -0.1) is 11.3 Å². The van der Waals surface area contributed by atoms with Crippen molar-refractivity contribution in [2.75, 3.05) is 0 Å². The maximum atomic E-state index is 12.8. The SMILES string of the molecule is C=C(C(=O)NCc1scc2c1CN(C1CCC(=O)NC1=O)C2=O)c1ccc(C(C)(C)C)cc1. The van der Waals surface area contributed by atoms with Crippen molar-refractivity contribution in [3.05, 3.63) is 63.4 Å². The largest absolute Gasteiger partial charge is 0.347 e. The Hall–Kier alpha value is -3.26. The molecule has 4 amide bonds. The number of carbonyl (C=O) groups excluding carboxylic acids is 4. The lowest BCUT2D eigenvalue weighted by Gasteiger charge is -2.29. The smallest absolute Gasteiger partial charge is 0.256 e. The molecular weight excluding hydrogens is 438 g/mol.